The quantitative estimate of drug-likeness (QED) is 0.770. The first kappa shape index (κ1) is 15.0. The second kappa shape index (κ2) is 7.36. The maximum absolute atomic E-state index is 12.3. The van der Waals surface area contributed by atoms with Crippen molar-refractivity contribution in [2.24, 2.45) is 0 Å². The lowest BCUT2D eigenvalue weighted by molar-refractivity contribution is 0.102. The number of nitrogens with one attached hydrogen (secondary N) is 1. The van der Waals surface area contributed by atoms with Crippen molar-refractivity contribution in [3.05, 3.63) is 95.7 Å². The molecule has 0 radical (unpaired) electrons. The Labute approximate surface area is 136 Å². The van der Waals surface area contributed by atoms with Crippen LogP contribution in [0.25, 0.3) is 0 Å². The van der Waals surface area contributed by atoms with E-state index in [-0.39, 0.29) is 5.91 Å². The summed E-state index contributed by atoms with van der Waals surface area (Å²) < 4.78 is 0. The van der Waals surface area contributed by atoms with Gasteiger partial charge in [0.25, 0.3) is 5.91 Å². The SMILES string of the molecule is O=C(Nc1ccccn1)c1cccc(CCc2ccccc2)c1. The molecular formula is C20H18N2O. The summed E-state index contributed by atoms with van der Waals surface area (Å²) in [6, 6.07) is 23.6. The van der Waals surface area contributed by atoms with Gasteiger partial charge in [0.1, 0.15) is 5.82 Å². The third kappa shape index (κ3) is 4.27. The van der Waals surface area contributed by atoms with Gasteiger partial charge >= 0.3 is 0 Å². The molecule has 1 N–H and O–H groups in total. The van der Waals surface area contributed by atoms with E-state index in [0.717, 1.165) is 18.4 Å². The number of benzene rings is 2. The minimum absolute atomic E-state index is 0.134. The van der Waals surface area contributed by atoms with Gasteiger partial charge in [-0.05, 0) is 48.2 Å². The Morgan fingerprint density at radius 3 is 2.35 bits per heavy atom. The Balaban J connectivity index is 1.66. The maximum atomic E-state index is 12.3. The van der Waals surface area contributed by atoms with Crippen LogP contribution in [0.5, 0.6) is 0 Å². The number of nitrogens with zero attached hydrogens (tertiary/aromatic N) is 1. The Morgan fingerprint density at radius 2 is 1.57 bits per heavy atom. The molecule has 1 amide bonds. The Kier molecular flexibility index (Phi) is 4.79. The fraction of sp³-hybridized carbons (Fsp3) is 0.100. The molecule has 1 aromatic heterocycles. The average molecular weight is 302 g/mol. The van der Waals surface area contributed by atoms with Crippen LogP contribution in [0.3, 0.4) is 0 Å². The third-order valence-electron chi connectivity index (χ3n) is 3.64. The van der Waals surface area contributed by atoms with Crippen LogP contribution >= 0.6 is 0 Å². The number of aryl methyl sites for hydroxylation is 2. The number of anilines is 1. The highest BCUT2D eigenvalue weighted by atomic mass is 16.1. The minimum Gasteiger partial charge on any atom is -0.307 e. The lowest BCUT2D eigenvalue weighted by Crippen LogP contribution is -2.13. The van der Waals surface area contributed by atoms with Crippen molar-refractivity contribution in [1.29, 1.82) is 0 Å². The Morgan fingerprint density at radius 1 is 0.826 bits per heavy atom. The van der Waals surface area contributed by atoms with Crippen LogP contribution in [0.2, 0.25) is 0 Å². The maximum Gasteiger partial charge on any atom is 0.256 e. The van der Waals surface area contributed by atoms with Crippen LogP contribution in [0.15, 0.2) is 79.0 Å². The van der Waals surface area contributed by atoms with Crippen LogP contribution in [-0.4, -0.2) is 10.9 Å². The fourth-order valence-corrected chi connectivity index (χ4v) is 2.43. The van der Waals surface area contributed by atoms with Gasteiger partial charge in [-0.25, -0.2) is 4.98 Å². The van der Waals surface area contributed by atoms with Gasteiger partial charge < -0.3 is 5.32 Å². The van der Waals surface area contributed by atoms with Gasteiger partial charge in [-0.15, -0.1) is 0 Å². The Hall–Kier alpha value is -2.94. The lowest BCUT2D eigenvalue weighted by atomic mass is 10.0. The molecule has 0 bridgehead atoms. The lowest BCUT2D eigenvalue weighted by Gasteiger charge is -2.07. The molecule has 0 aliphatic carbocycles. The molecule has 0 fully saturated rings. The normalized spacial score (nSPS) is 10.3. The molecule has 2 aromatic carbocycles. The van der Waals surface area contributed by atoms with Crippen molar-refractivity contribution >= 4 is 11.7 Å². The molecule has 114 valence electrons. The van der Waals surface area contributed by atoms with Crippen molar-refractivity contribution in [1.82, 2.24) is 4.98 Å². The van der Waals surface area contributed by atoms with Crippen molar-refractivity contribution in [2.45, 2.75) is 12.8 Å². The largest absolute Gasteiger partial charge is 0.307 e. The summed E-state index contributed by atoms with van der Waals surface area (Å²) in [6.07, 6.45) is 3.53. The molecule has 0 saturated carbocycles. The minimum atomic E-state index is -0.134. The topological polar surface area (TPSA) is 42.0 Å². The highest BCUT2D eigenvalue weighted by molar-refractivity contribution is 6.03. The molecule has 23 heavy (non-hydrogen) atoms. The summed E-state index contributed by atoms with van der Waals surface area (Å²) in [7, 11) is 0. The van der Waals surface area contributed by atoms with E-state index < -0.39 is 0 Å². The third-order valence-corrected chi connectivity index (χ3v) is 3.64. The highest BCUT2D eigenvalue weighted by Gasteiger charge is 2.07. The zero-order chi connectivity index (χ0) is 15.9. The van der Waals surface area contributed by atoms with Crippen LogP contribution < -0.4 is 5.32 Å². The molecule has 3 nitrogen and oxygen atoms in total. The second-order valence-electron chi connectivity index (χ2n) is 5.36. The number of hydrogen-bond donors (Lipinski definition) is 1. The molecule has 0 aliphatic heterocycles. The fourth-order valence-electron chi connectivity index (χ4n) is 2.43. The van der Waals surface area contributed by atoms with E-state index in [1.165, 1.54) is 5.56 Å². The van der Waals surface area contributed by atoms with Gasteiger partial charge in [-0.2, -0.15) is 0 Å². The molecule has 1 heterocycles. The predicted molar refractivity (Wildman–Crippen MR) is 92.5 cm³/mol. The molecule has 0 aliphatic rings. The zero-order valence-corrected chi connectivity index (χ0v) is 12.8. The van der Waals surface area contributed by atoms with Crippen molar-refractivity contribution in [3.8, 4) is 0 Å². The molecule has 3 aromatic rings. The number of hydrogen-bond acceptors (Lipinski definition) is 2. The summed E-state index contributed by atoms with van der Waals surface area (Å²) in [6.45, 7) is 0. The monoisotopic (exact) mass is 302 g/mol. The van der Waals surface area contributed by atoms with E-state index >= 15 is 0 Å². The summed E-state index contributed by atoms with van der Waals surface area (Å²) in [5, 5.41) is 2.81. The number of rotatable bonds is 5. The number of carbonyl (C=O) groups is 1. The molecular weight excluding hydrogens is 284 g/mol. The van der Waals surface area contributed by atoms with E-state index in [2.05, 4.69) is 28.5 Å². The number of pyridine rings is 1. The standard InChI is InChI=1S/C20H18N2O/c23-20(22-19-11-4-5-14-21-19)18-10-6-9-17(15-18)13-12-16-7-2-1-3-8-16/h1-11,14-15H,12-13H2,(H,21,22,23). The predicted octanol–water partition coefficient (Wildman–Crippen LogP) is 4.12. The first-order valence-electron chi connectivity index (χ1n) is 7.66. The van der Waals surface area contributed by atoms with E-state index in [1.807, 2.05) is 48.5 Å². The number of amides is 1. The number of aromatic nitrogens is 1. The van der Waals surface area contributed by atoms with Gasteiger partial charge in [0.15, 0.2) is 0 Å². The van der Waals surface area contributed by atoms with Crippen LogP contribution in [0.4, 0.5) is 5.82 Å². The van der Waals surface area contributed by atoms with Gasteiger partial charge in [0.05, 0.1) is 0 Å². The van der Waals surface area contributed by atoms with Gasteiger partial charge in [-0.1, -0.05) is 48.5 Å². The van der Waals surface area contributed by atoms with Crippen LogP contribution in [0, 0.1) is 0 Å². The second-order valence-corrected chi connectivity index (χ2v) is 5.36. The molecule has 0 spiro atoms. The molecule has 3 rings (SSSR count). The Bertz CT molecular complexity index is 770. The highest BCUT2D eigenvalue weighted by Crippen LogP contribution is 2.11. The summed E-state index contributed by atoms with van der Waals surface area (Å²) in [5.74, 6) is 0.428. The van der Waals surface area contributed by atoms with Gasteiger partial charge in [-0.3, -0.25) is 4.79 Å². The average Bonchev–Trinajstić information content (AvgIpc) is 2.62. The van der Waals surface area contributed by atoms with E-state index in [0.29, 0.717) is 11.4 Å². The van der Waals surface area contributed by atoms with E-state index in [9.17, 15) is 4.79 Å². The van der Waals surface area contributed by atoms with Crippen molar-refractivity contribution in [2.75, 3.05) is 5.32 Å². The molecule has 0 saturated heterocycles. The van der Waals surface area contributed by atoms with Gasteiger partial charge in [0.2, 0.25) is 0 Å². The summed E-state index contributed by atoms with van der Waals surface area (Å²) in [5.41, 5.74) is 3.11. The first-order valence-corrected chi connectivity index (χ1v) is 7.66. The van der Waals surface area contributed by atoms with E-state index in [4.69, 9.17) is 0 Å². The molecule has 3 heteroatoms. The van der Waals surface area contributed by atoms with Crippen LogP contribution in [0.1, 0.15) is 21.5 Å². The van der Waals surface area contributed by atoms with Crippen LogP contribution in [-0.2, 0) is 12.8 Å². The summed E-state index contributed by atoms with van der Waals surface area (Å²) >= 11 is 0. The van der Waals surface area contributed by atoms with Gasteiger partial charge in [0, 0.05) is 11.8 Å². The van der Waals surface area contributed by atoms with E-state index in [1.54, 1.807) is 12.3 Å². The molecule has 0 unspecified atom stereocenters. The van der Waals surface area contributed by atoms with Crippen molar-refractivity contribution < 1.29 is 4.79 Å². The number of carbonyl (C=O) groups excluding carboxylic acids is 1. The summed E-state index contributed by atoms with van der Waals surface area (Å²) in [4.78, 5) is 16.4. The van der Waals surface area contributed by atoms with Crippen molar-refractivity contribution in [3.63, 3.8) is 0 Å². The zero-order valence-electron chi connectivity index (χ0n) is 12.8. The smallest absolute Gasteiger partial charge is 0.256 e. The molecule has 0 atom stereocenters. The first-order chi connectivity index (χ1) is 11.3.